The first-order chi connectivity index (χ1) is 11.9. The molecule has 1 atom stereocenters. The molecule has 2 aromatic rings. The molecule has 1 saturated heterocycles. The Morgan fingerprint density at radius 2 is 1.72 bits per heavy atom. The van der Waals surface area contributed by atoms with Gasteiger partial charge in [-0.1, -0.05) is 60.2 Å². The highest BCUT2D eigenvalue weighted by Gasteiger charge is 2.29. The minimum absolute atomic E-state index is 0.104. The summed E-state index contributed by atoms with van der Waals surface area (Å²) in [7, 11) is 0. The van der Waals surface area contributed by atoms with Crippen LogP contribution < -0.4 is 5.32 Å². The molecule has 0 radical (unpaired) electrons. The van der Waals surface area contributed by atoms with Crippen molar-refractivity contribution in [3.8, 4) is 0 Å². The van der Waals surface area contributed by atoms with Gasteiger partial charge in [0.2, 0.25) is 0 Å². The first-order valence-corrected chi connectivity index (χ1v) is 9.11. The smallest absolute Gasteiger partial charge is 0.122 e. The number of hydrogen-bond donors (Lipinski definition) is 1. The fourth-order valence-electron chi connectivity index (χ4n) is 3.20. The Balaban J connectivity index is 1.92. The average Bonchev–Trinajstić information content (AvgIpc) is 2.58. The largest absolute Gasteiger partial charge is 0.353 e. The van der Waals surface area contributed by atoms with Crippen LogP contribution in [0.3, 0.4) is 0 Å². The summed E-state index contributed by atoms with van der Waals surface area (Å²) < 4.78 is 0. The third-order valence-corrected chi connectivity index (χ3v) is 4.39. The van der Waals surface area contributed by atoms with E-state index >= 15 is 0 Å². The summed E-state index contributed by atoms with van der Waals surface area (Å²) in [6, 6.07) is 19.6. The number of aryl methyl sites for hydroxylation is 1. The van der Waals surface area contributed by atoms with Gasteiger partial charge < -0.3 is 10.2 Å². The molecule has 1 heterocycles. The SMILES string of the molecule is Cc1ccc(CN2CCNC(c3ccccc3)C2=NC(C)(C)C)cc1. The summed E-state index contributed by atoms with van der Waals surface area (Å²) in [4.78, 5) is 7.54. The lowest BCUT2D eigenvalue weighted by Gasteiger charge is -2.38. The molecular weight excluding hydrogens is 306 g/mol. The first-order valence-electron chi connectivity index (χ1n) is 9.11. The minimum atomic E-state index is -0.104. The molecule has 0 aromatic heterocycles. The lowest BCUT2D eigenvalue weighted by atomic mass is 10.0. The van der Waals surface area contributed by atoms with Crippen LogP contribution in [0.1, 0.15) is 43.5 Å². The molecular formula is C22H29N3. The fraction of sp³-hybridized carbons (Fsp3) is 0.409. The highest BCUT2D eigenvalue weighted by molar-refractivity contribution is 5.89. The van der Waals surface area contributed by atoms with Crippen molar-refractivity contribution in [2.24, 2.45) is 4.99 Å². The van der Waals surface area contributed by atoms with E-state index in [-0.39, 0.29) is 11.6 Å². The predicted octanol–water partition coefficient (Wildman–Crippen LogP) is 4.34. The van der Waals surface area contributed by atoms with Crippen LogP contribution in [0, 0.1) is 6.92 Å². The third-order valence-electron chi connectivity index (χ3n) is 4.39. The first kappa shape index (κ1) is 17.7. The number of rotatable bonds is 3. The van der Waals surface area contributed by atoms with Gasteiger partial charge in [-0.25, -0.2) is 0 Å². The van der Waals surface area contributed by atoms with E-state index < -0.39 is 0 Å². The van der Waals surface area contributed by atoms with Crippen molar-refractivity contribution in [1.82, 2.24) is 10.2 Å². The van der Waals surface area contributed by atoms with Crippen molar-refractivity contribution in [1.29, 1.82) is 0 Å². The number of nitrogens with one attached hydrogen (secondary N) is 1. The Kier molecular flexibility index (Phi) is 5.24. The lowest BCUT2D eigenvalue weighted by Crippen LogP contribution is -2.50. The van der Waals surface area contributed by atoms with E-state index in [4.69, 9.17) is 4.99 Å². The lowest BCUT2D eigenvalue weighted by molar-refractivity contribution is 0.337. The van der Waals surface area contributed by atoms with Gasteiger partial charge in [0.1, 0.15) is 5.84 Å². The Bertz CT molecular complexity index is 711. The molecule has 1 unspecified atom stereocenters. The number of amidine groups is 1. The Morgan fingerprint density at radius 3 is 2.36 bits per heavy atom. The topological polar surface area (TPSA) is 27.6 Å². The van der Waals surface area contributed by atoms with Crippen LogP contribution in [0.4, 0.5) is 0 Å². The number of benzene rings is 2. The second-order valence-corrected chi connectivity index (χ2v) is 7.85. The van der Waals surface area contributed by atoms with Crippen LogP contribution in [-0.4, -0.2) is 29.4 Å². The molecule has 0 aliphatic carbocycles. The molecule has 0 saturated carbocycles. The monoisotopic (exact) mass is 335 g/mol. The summed E-state index contributed by atoms with van der Waals surface area (Å²) in [6.07, 6.45) is 0. The summed E-state index contributed by atoms with van der Waals surface area (Å²) in [5, 5.41) is 3.66. The Morgan fingerprint density at radius 1 is 1.04 bits per heavy atom. The summed E-state index contributed by atoms with van der Waals surface area (Å²) >= 11 is 0. The fourth-order valence-corrected chi connectivity index (χ4v) is 3.20. The average molecular weight is 335 g/mol. The van der Waals surface area contributed by atoms with Gasteiger partial charge in [-0.05, 0) is 38.8 Å². The van der Waals surface area contributed by atoms with E-state index in [0.29, 0.717) is 0 Å². The minimum Gasteiger partial charge on any atom is -0.353 e. The molecule has 25 heavy (non-hydrogen) atoms. The molecule has 2 aromatic carbocycles. The molecule has 1 N–H and O–H groups in total. The second kappa shape index (κ2) is 7.40. The van der Waals surface area contributed by atoms with E-state index in [1.54, 1.807) is 0 Å². The molecule has 0 amide bonds. The number of piperazine rings is 1. The van der Waals surface area contributed by atoms with Crippen molar-refractivity contribution < 1.29 is 0 Å². The maximum Gasteiger partial charge on any atom is 0.122 e. The number of nitrogens with zero attached hydrogens (tertiary/aromatic N) is 2. The third kappa shape index (κ3) is 4.70. The summed E-state index contributed by atoms with van der Waals surface area (Å²) in [5.41, 5.74) is 3.81. The normalized spacial score (nSPS) is 20.1. The van der Waals surface area contributed by atoms with Crippen LogP contribution >= 0.6 is 0 Å². The van der Waals surface area contributed by atoms with Crippen LogP contribution in [0.15, 0.2) is 59.6 Å². The van der Waals surface area contributed by atoms with Crippen LogP contribution in [-0.2, 0) is 6.54 Å². The van der Waals surface area contributed by atoms with E-state index in [0.717, 1.165) is 25.5 Å². The van der Waals surface area contributed by atoms with Crippen LogP contribution in [0.5, 0.6) is 0 Å². The van der Waals surface area contributed by atoms with Crippen molar-refractivity contribution in [2.75, 3.05) is 13.1 Å². The molecule has 3 heteroatoms. The van der Waals surface area contributed by atoms with Crippen molar-refractivity contribution in [3.63, 3.8) is 0 Å². The highest BCUT2D eigenvalue weighted by Crippen LogP contribution is 2.24. The van der Waals surface area contributed by atoms with E-state index in [2.05, 4.69) is 92.5 Å². The van der Waals surface area contributed by atoms with Gasteiger partial charge in [0.05, 0.1) is 11.6 Å². The van der Waals surface area contributed by atoms with Gasteiger partial charge in [0.15, 0.2) is 0 Å². The summed E-state index contributed by atoms with van der Waals surface area (Å²) in [5.74, 6) is 1.14. The molecule has 1 fully saturated rings. The van der Waals surface area contributed by atoms with E-state index in [1.165, 1.54) is 16.7 Å². The maximum absolute atomic E-state index is 5.10. The maximum atomic E-state index is 5.10. The predicted molar refractivity (Wildman–Crippen MR) is 106 cm³/mol. The van der Waals surface area contributed by atoms with E-state index in [1.807, 2.05) is 0 Å². The Labute approximate surface area is 151 Å². The van der Waals surface area contributed by atoms with Crippen molar-refractivity contribution in [2.45, 2.75) is 45.8 Å². The van der Waals surface area contributed by atoms with Gasteiger partial charge in [-0.3, -0.25) is 4.99 Å². The van der Waals surface area contributed by atoms with Crippen molar-refractivity contribution >= 4 is 5.84 Å². The van der Waals surface area contributed by atoms with Crippen molar-refractivity contribution in [3.05, 3.63) is 71.3 Å². The highest BCUT2D eigenvalue weighted by atomic mass is 15.3. The van der Waals surface area contributed by atoms with Crippen LogP contribution in [0.2, 0.25) is 0 Å². The number of aliphatic imine (C=N–C) groups is 1. The standard InChI is InChI=1S/C22H29N3/c1-17-10-12-18(13-11-17)16-25-15-14-23-20(19-8-6-5-7-9-19)21(25)24-22(2,3)4/h5-13,20,23H,14-16H2,1-4H3. The quantitative estimate of drug-likeness (QED) is 0.903. The molecule has 0 bridgehead atoms. The van der Waals surface area contributed by atoms with Gasteiger partial charge in [-0.15, -0.1) is 0 Å². The molecule has 0 spiro atoms. The molecule has 3 rings (SSSR count). The molecule has 132 valence electrons. The number of hydrogen-bond acceptors (Lipinski definition) is 2. The zero-order valence-electron chi connectivity index (χ0n) is 15.8. The summed E-state index contributed by atoms with van der Waals surface area (Å²) in [6.45, 7) is 11.5. The van der Waals surface area contributed by atoms with Crippen LogP contribution in [0.25, 0.3) is 0 Å². The van der Waals surface area contributed by atoms with Gasteiger partial charge in [-0.2, -0.15) is 0 Å². The van der Waals surface area contributed by atoms with Gasteiger partial charge in [0.25, 0.3) is 0 Å². The molecule has 3 nitrogen and oxygen atoms in total. The zero-order valence-corrected chi connectivity index (χ0v) is 15.8. The Hall–Kier alpha value is -2.13. The zero-order chi connectivity index (χ0) is 17.9. The second-order valence-electron chi connectivity index (χ2n) is 7.85. The molecule has 1 aliphatic heterocycles. The van der Waals surface area contributed by atoms with E-state index in [9.17, 15) is 0 Å². The molecule has 1 aliphatic rings. The van der Waals surface area contributed by atoms with Gasteiger partial charge >= 0.3 is 0 Å². The van der Waals surface area contributed by atoms with Gasteiger partial charge in [0, 0.05) is 19.6 Å².